The molecule has 0 aliphatic carbocycles. The Balaban J connectivity index is 1.52. The number of hydrogen-bond acceptors (Lipinski definition) is 4. The van der Waals surface area contributed by atoms with Gasteiger partial charge >= 0.3 is 0 Å². The van der Waals surface area contributed by atoms with Crippen LogP contribution in [0.1, 0.15) is 40.9 Å². The van der Waals surface area contributed by atoms with Crippen LogP contribution in [0.3, 0.4) is 0 Å². The normalized spacial score (nSPS) is 20.4. The molecule has 2 aromatic rings. The van der Waals surface area contributed by atoms with Crippen molar-refractivity contribution >= 4 is 5.91 Å². The minimum absolute atomic E-state index is 0.120. The summed E-state index contributed by atoms with van der Waals surface area (Å²) in [5.41, 5.74) is 8.08. The molecule has 0 unspecified atom stereocenters. The first-order valence-corrected chi connectivity index (χ1v) is 8.40. The molecule has 3 rings (SSSR count). The van der Waals surface area contributed by atoms with Crippen LogP contribution < -0.4 is 11.1 Å². The van der Waals surface area contributed by atoms with Crippen molar-refractivity contribution in [3.05, 3.63) is 53.3 Å². The number of nitrogens with zero attached hydrogens (tertiary/aromatic N) is 2. The summed E-state index contributed by atoms with van der Waals surface area (Å²) in [6.07, 6.45) is 5.16. The highest BCUT2D eigenvalue weighted by molar-refractivity contribution is 5.92. The molecule has 2 atom stereocenters. The lowest BCUT2D eigenvalue weighted by Crippen LogP contribution is -2.24. The molecule has 1 aliphatic heterocycles. The predicted molar refractivity (Wildman–Crippen MR) is 91.4 cm³/mol. The van der Waals surface area contributed by atoms with Crippen molar-refractivity contribution in [1.82, 2.24) is 15.1 Å². The van der Waals surface area contributed by atoms with Gasteiger partial charge in [-0.05, 0) is 31.0 Å². The number of primary amides is 1. The Morgan fingerprint density at radius 3 is 2.88 bits per heavy atom. The largest absolute Gasteiger partial charge is 0.373 e. The Labute approximate surface area is 142 Å². The summed E-state index contributed by atoms with van der Waals surface area (Å²) in [5.74, 6) is 0.0532. The van der Waals surface area contributed by atoms with E-state index in [2.05, 4.69) is 23.5 Å². The summed E-state index contributed by atoms with van der Waals surface area (Å²) in [5, 5.41) is 7.83. The van der Waals surface area contributed by atoms with Crippen molar-refractivity contribution in [3.63, 3.8) is 0 Å². The van der Waals surface area contributed by atoms with E-state index in [1.807, 2.05) is 23.0 Å². The minimum atomic E-state index is -0.395. The van der Waals surface area contributed by atoms with Crippen LogP contribution in [0.25, 0.3) is 0 Å². The third-order valence-electron chi connectivity index (χ3n) is 4.49. The van der Waals surface area contributed by atoms with Crippen molar-refractivity contribution in [2.75, 3.05) is 13.2 Å². The molecular weight excluding hydrogens is 304 g/mol. The number of rotatable bonds is 7. The minimum Gasteiger partial charge on any atom is -0.373 e. The van der Waals surface area contributed by atoms with Crippen molar-refractivity contribution in [2.45, 2.75) is 32.5 Å². The average Bonchev–Trinajstić information content (AvgIpc) is 3.23. The Kier molecular flexibility index (Phi) is 5.27. The van der Waals surface area contributed by atoms with E-state index in [1.165, 1.54) is 0 Å². The van der Waals surface area contributed by atoms with E-state index in [4.69, 9.17) is 10.5 Å². The molecule has 1 saturated heterocycles. The fourth-order valence-corrected chi connectivity index (χ4v) is 3.10. The molecule has 6 heteroatoms. The number of nitrogens with one attached hydrogen (secondary N) is 1. The lowest BCUT2D eigenvalue weighted by atomic mass is 9.97. The van der Waals surface area contributed by atoms with E-state index in [9.17, 15) is 4.79 Å². The molecule has 1 aromatic carbocycles. The van der Waals surface area contributed by atoms with Gasteiger partial charge in [0.05, 0.1) is 12.3 Å². The summed E-state index contributed by atoms with van der Waals surface area (Å²) in [6.45, 7) is 5.39. The Hall–Kier alpha value is -2.18. The summed E-state index contributed by atoms with van der Waals surface area (Å²) < 4.78 is 7.84. The zero-order valence-corrected chi connectivity index (χ0v) is 13.9. The van der Waals surface area contributed by atoms with Crippen LogP contribution >= 0.6 is 0 Å². The number of amides is 1. The molecule has 24 heavy (non-hydrogen) atoms. The molecule has 2 heterocycles. The first-order valence-electron chi connectivity index (χ1n) is 8.40. The van der Waals surface area contributed by atoms with E-state index in [1.54, 1.807) is 12.1 Å². The quantitative estimate of drug-likeness (QED) is 0.813. The summed E-state index contributed by atoms with van der Waals surface area (Å²) >= 11 is 0. The topological polar surface area (TPSA) is 82.2 Å². The molecular formula is C18H24N4O2. The molecule has 1 aromatic heterocycles. The van der Waals surface area contributed by atoms with Crippen molar-refractivity contribution in [3.8, 4) is 0 Å². The lowest BCUT2D eigenvalue weighted by molar-refractivity contribution is 0.0903. The van der Waals surface area contributed by atoms with Gasteiger partial charge in [0.2, 0.25) is 5.91 Å². The SMILES string of the molecule is CCn1cc([C@@H]2OCC[C@H]2CNCc2ccc(C(N)=O)cc2)cn1. The molecule has 3 N–H and O–H groups in total. The first kappa shape index (κ1) is 16.7. The van der Waals surface area contributed by atoms with E-state index < -0.39 is 5.91 Å². The van der Waals surface area contributed by atoms with Crippen LogP contribution in [0, 0.1) is 5.92 Å². The zero-order valence-electron chi connectivity index (χ0n) is 13.9. The van der Waals surface area contributed by atoms with Crippen LogP contribution in [-0.2, 0) is 17.8 Å². The Morgan fingerprint density at radius 2 is 2.21 bits per heavy atom. The van der Waals surface area contributed by atoms with Crippen LogP contribution in [0.15, 0.2) is 36.7 Å². The maximum absolute atomic E-state index is 11.1. The Bertz CT molecular complexity index is 681. The van der Waals surface area contributed by atoms with Crippen molar-refractivity contribution in [1.29, 1.82) is 0 Å². The third-order valence-corrected chi connectivity index (χ3v) is 4.49. The number of carbonyl (C=O) groups is 1. The monoisotopic (exact) mass is 328 g/mol. The molecule has 0 saturated carbocycles. The van der Waals surface area contributed by atoms with E-state index >= 15 is 0 Å². The molecule has 1 aliphatic rings. The summed E-state index contributed by atoms with van der Waals surface area (Å²) in [7, 11) is 0. The average molecular weight is 328 g/mol. The number of aromatic nitrogens is 2. The highest BCUT2D eigenvalue weighted by Crippen LogP contribution is 2.33. The van der Waals surface area contributed by atoms with Crippen LogP contribution in [0.4, 0.5) is 0 Å². The molecule has 1 fully saturated rings. The third kappa shape index (κ3) is 3.83. The second-order valence-corrected chi connectivity index (χ2v) is 6.16. The predicted octanol–water partition coefficient (Wildman–Crippen LogP) is 1.87. The van der Waals surface area contributed by atoms with Gasteiger partial charge in [0.1, 0.15) is 0 Å². The standard InChI is InChI=1S/C18H24N4O2/c1-2-22-12-16(11-21-22)17-15(7-8-24-17)10-20-9-13-3-5-14(6-4-13)18(19)23/h3-6,11-12,15,17,20H,2,7-10H2,1H3,(H2,19,23)/t15-,17+/m0/s1. The second kappa shape index (κ2) is 7.59. The smallest absolute Gasteiger partial charge is 0.248 e. The first-order chi connectivity index (χ1) is 11.7. The van der Waals surface area contributed by atoms with Gasteiger partial charge in [-0.25, -0.2) is 0 Å². The number of nitrogens with two attached hydrogens (primary N) is 1. The molecule has 6 nitrogen and oxygen atoms in total. The van der Waals surface area contributed by atoms with Gasteiger partial charge in [0.25, 0.3) is 0 Å². The van der Waals surface area contributed by atoms with E-state index in [0.29, 0.717) is 11.5 Å². The number of aryl methyl sites for hydroxylation is 1. The molecule has 128 valence electrons. The number of benzene rings is 1. The number of ether oxygens (including phenoxy) is 1. The number of carbonyl (C=O) groups excluding carboxylic acids is 1. The highest BCUT2D eigenvalue weighted by Gasteiger charge is 2.30. The molecule has 1 amide bonds. The van der Waals surface area contributed by atoms with Crippen LogP contribution in [0.5, 0.6) is 0 Å². The van der Waals surface area contributed by atoms with Gasteiger partial charge in [0, 0.05) is 49.5 Å². The van der Waals surface area contributed by atoms with Crippen LogP contribution in [-0.4, -0.2) is 28.8 Å². The van der Waals surface area contributed by atoms with Gasteiger partial charge < -0.3 is 15.8 Å². The van der Waals surface area contributed by atoms with E-state index in [-0.39, 0.29) is 6.10 Å². The van der Waals surface area contributed by atoms with Crippen molar-refractivity contribution < 1.29 is 9.53 Å². The molecule has 0 radical (unpaired) electrons. The maximum Gasteiger partial charge on any atom is 0.248 e. The van der Waals surface area contributed by atoms with E-state index in [0.717, 1.165) is 43.8 Å². The molecule has 0 bridgehead atoms. The number of hydrogen-bond donors (Lipinski definition) is 2. The van der Waals surface area contributed by atoms with Gasteiger partial charge in [-0.15, -0.1) is 0 Å². The Morgan fingerprint density at radius 1 is 1.42 bits per heavy atom. The fraction of sp³-hybridized carbons (Fsp3) is 0.444. The zero-order chi connectivity index (χ0) is 16.9. The van der Waals surface area contributed by atoms with Gasteiger partial charge in [0.15, 0.2) is 0 Å². The maximum atomic E-state index is 11.1. The fourth-order valence-electron chi connectivity index (χ4n) is 3.10. The lowest BCUT2D eigenvalue weighted by Gasteiger charge is -2.18. The highest BCUT2D eigenvalue weighted by atomic mass is 16.5. The summed E-state index contributed by atoms with van der Waals surface area (Å²) in [6, 6.07) is 7.39. The second-order valence-electron chi connectivity index (χ2n) is 6.16. The molecule has 0 spiro atoms. The van der Waals surface area contributed by atoms with Gasteiger partial charge in [-0.2, -0.15) is 5.10 Å². The van der Waals surface area contributed by atoms with Crippen molar-refractivity contribution in [2.24, 2.45) is 11.7 Å². The van der Waals surface area contributed by atoms with Gasteiger partial charge in [-0.3, -0.25) is 9.48 Å². The van der Waals surface area contributed by atoms with Crippen LogP contribution in [0.2, 0.25) is 0 Å². The summed E-state index contributed by atoms with van der Waals surface area (Å²) in [4.78, 5) is 11.1. The van der Waals surface area contributed by atoms with Gasteiger partial charge in [-0.1, -0.05) is 12.1 Å².